The van der Waals surface area contributed by atoms with Crippen LogP contribution in [0.25, 0.3) is 11.1 Å². The Morgan fingerprint density at radius 3 is 2.89 bits per heavy atom. The zero-order chi connectivity index (χ0) is 13.8. The number of H-pyrrole nitrogens is 1. The molecule has 0 radical (unpaired) electrons. The Bertz CT molecular complexity index is 640. The molecule has 6 heteroatoms. The lowest BCUT2D eigenvalue weighted by Gasteiger charge is -2.06. The van der Waals surface area contributed by atoms with Crippen molar-refractivity contribution in [1.29, 1.82) is 0 Å². The summed E-state index contributed by atoms with van der Waals surface area (Å²) in [6.07, 6.45) is 0.554. The Kier molecular flexibility index (Phi) is 4.34. The van der Waals surface area contributed by atoms with E-state index in [1.165, 1.54) is 0 Å². The molecular formula is C13H14BrN3O2. The smallest absolute Gasteiger partial charge is 0.262 e. The van der Waals surface area contributed by atoms with Crippen molar-refractivity contribution < 1.29 is 5.11 Å². The van der Waals surface area contributed by atoms with Gasteiger partial charge in [0, 0.05) is 17.4 Å². The van der Waals surface area contributed by atoms with Gasteiger partial charge in [-0.25, -0.2) is 0 Å². The third-order valence-corrected chi connectivity index (χ3v) is 3.17. The van der Waals surface area contributed by atoms with Crippen LogP contribution in [0.3, 0.4) is 0 Å². The molecule has 0 aliphatic carbocycles. The van der Waals surface area contributed by atoms with E-state index in [1.807, 2.05) is 13.1 Å². The van der Waals surface area contributed by atoms with E-state index in [0.717, 1.165) is 4.47 Å². The SMILES string of the molecule is CNCCc1nc(O)c(-c2cccc(Br)c2)c(=O)[nH]1. The topological polar surface area (TPSA) is 78.0 Å². The van der Waals surface area contributed by atoms with Crippen molar-refractivity contribution in [3.05, 3.63) is 44.9 Å². The Morgan fingerprint density at radius 2 is 2.26 bits per heavy atom. The molecule has 3 N–H and O–H groups in total. The molecule has 0 amide bonds. The Labute approximate surface area is 118 Å². The highest BCUT2D eigenvalue weighted by molar-refractivity contribution is 9.10. The van der Waals surface area contributed by atoms with Gasteiger partial charge in [-0.2, -0.15) is 4.98 Å². The lowest BCUT2D eigenvalue weighted by molar-refractivity contribution is 0.449. The molecule has 0 atom stereocenters. The first-order chi connectivity index (χ1) is 9.11. The van der Waals surface area contributed by atoms with Crippen molar-refractivity contribution in [1.82, 2.24) is 15.3 Å². The minimum atomic E-state index is -0.336. The molecule has 0 aliphatic heterocycles. The first-order valence-corrected chi connectivity index (χ1v) is 6.64. The number of aromatic amines is 1. The molecule has 19 heavy (non-hydrogen) atoms. The molecule has 0 unspecified atom stereocenters. The summed E-state index contributed by atoms with van der Waals surface area (Å²) >= 11 is 3.33. The number of nitrogens with one attached hydrogen (secondary N) is 2. The second kappa shape index (κ2) is 5.99. The molecule has 100 valence electrons. The van der Waals surface area contributed by atoms with E-state index >= 15 is 0 Å². The van der Waals surface area contributed by atoms with Crippen molar-refractivity contribution in [2.24, 2.45) is 0 Å². The number of aromatic nitrogens is 2. The molecule has 1 heterocycles. The van der Waals surface area contributed by atoms with E-state index in [2.05, 4.69) is 31.2 Å². The Hall–Kier alpha value is -1.66. The summed E-state index contributed by atoms with van der Waals surface area (Å²) < 4.78 is 0.836. The van der Waals surface area contributed by atoms with Gasteiger partial charge < -0.3 is 15.4 Å². The largest absolute Gasteiger partial charge is 0.493 e. The summed E-state index contributed by atoms with van der Waals surface area (Å²) in [7, 11) is 1.81. The minimum Gasteiger partial charge on any atom is -0.493 e. The molecule has 2 aromatic rings. The summed E-state index contributed by atoms with van der Waals surface area (Å²) in [5.74, 6) is 0.226. The monoisotopic (exact) mass is 323 g/mol. The van der Waals surface area contributed by atoms with E-state index in [0.29, 0.717) is 24.4 Å². The van der Waals surface area contributed by atoms with E-state index in [1.54, 1.807) is 18.2 Å². The van der Waals surface area contributed by atoms with E-state index < -0.39 is 0 Å². The average Bonchev–Trinajstić information content (AvgIpc) is 2.35. The summed E-state index contributed by atoms with van der Waals surface area (Å²) in [6.45, 7) is 0.679. The molecule has 0 fully saturated rings. The fourth-order valence-electron chi connectivity index (χ4n) is 1.77. The third-order valence-electron chi connectivity index (χ3n) is 2.67. The van der Waals surface area contributed by atoms with Crippen LogP contribution in [0, 0.1) is 0 Å². The second-order valence-electron chi connectivity index (χ2n) is 4.08. The molecule has 5 nitrogen and oxygen atoms in total. The zero-order valence-corrected chi connectivity index (χ0v) is 12.0. The van der Waals surface area contributed by atoms with Gasteiger partial charge in [-0.1, -0.05) is 28.1 Å². The molecule has 1 aromatic heterocycles. The highest BCUT2D eigenvalue weighted by atomic mass is 79.9. The molecule has 0 saturated carbocycles. The lowest BCUT2D eigenvalue weighted by atomic mass is 10.1. The van der Waals surface area contributed by atoms with Crippen molar-refractivity contribution in [2.45, 2.75) is 6.42 Å². The molecule has 0 bridgehead atoms. The molecule has 0 aliphatic rings. The van der Waals surface area contributed by atoms with Crippen LogP contribution in [0.15, 0.2) is 33.5 Å². The number of likely N-dealkylation sites (N-methyl/N-ethyl adjacent to an activating group) is 1. The molecule has 2 rings (SSSR count). The van der Waals surface area contributed by atoms with Gasteiger partial charge in [0.15, 0.2) is 0 Å². The molecule has 0 saturated heterocycles. The van der Waals surface area contributed by atoms with Crippen molar-refractivity contribution >= 4 is 15.9 Å². The number of hydrogen-bond acceptors (Lipinski definition) is 4. The maximum absolute atomic E-state index is 12.0. The second-order valence-corrected chi connectivity index (χ2v) is 4.99. The number of nitrogens with zero attached hydrogens (tertiary/aromatic N) is 1. The maximum atomic E-state index is 12.0. The van der Waals surface area contributed by atoms with Crippen LogP contribution >= 0.6 is 15.9 Å². The fourth-order valence-corrected chi connectivity index (χ4v) is 2.17. The average molecular weight is 324 g/mol. The third kappa shape index (κ3) is 3.21. The summed E-state index contributed by atoms with van der Waals surface area (Å²) in [5, 5.41) is 12.9. The maximum Gasteiger partial charge on any atom is 0.262 e. The van der Waals surface area contributed by atoms with Crippen LogP contribution in [-0.4, -0.2) is 28.7 Å². The van der Waals surface area contributed by atoms with Gasteiger partial charge in [0.25, 0.3) is 5.56 Å². The molecular weight excluding hydrogens is 310 g/mol. The minimum absolute atomic E-state index is 0.189. The van der Waals surface area contributed by atoms with Gasteiger partial charge in [-0.05, 0) is 24.7 Å². The highest BCUT2D eigenvalue weighted by Gasteiger charge is 2.12. The van der Waals surface area contributed by atoms with Crippen LogP contribution in [0.2, 0.25) is 0 Å². The number of rotatable bonds is 4. The zero-order valence-electron chi connectivity index (χ0n) is 10.4. The fraction of sp³-hybridized carbons (Fsp3) is 0.231. The predicted molar refractivity (Wildman–Crippen MR) is 77.3 cm³/mol. The quantitative estimate of drug-likeness (QED) is 0.799. The Balaban J connectivity index is 2.45. The van der Waals surface area contributed by atoms with Crippen molar-refractivity contribution in [3.8, 4) is 17.0 Å². The van der Waals surface area contributed by atoms with Gasteiger partial charge in [0.1, 0.15) is 11.4 Å². The normalized spacial score (nSPS) is 10.6. The summed E-state index contributed by atoms with van der Waals surface area (Å²) in [5.41, 5.74) is 0.479. The predicted octanol–water partition coefficient (Wildman–Crippen LogP) is 1.67. The molecule has 1 aromatic carbocycles. The van der Waals surface area contributed by atoms with Crippen molar-refractivity contribution in [2.75, 3.05) is 13.6 Å². The Morgan fingerprint density at radius 1 is 1.47 bits per heavy atom. The highest BCUT2D eigenvalue weighted by Crippen LogP contribution is 2.25. The van der Waals surface area contributed by atoms with Crippen LogP contribution in [0.1, 0.15) is 5.82 Å². The van der Waals surface area contributed by atoms with Gasteiger partial charge in [-0.3, -0.25) is 4.79 Å². The van der Waals surface area contributed by atoms with Crippen LogP contribution in [0.5, 0.6) is 5.88 Å². The summed E-state index contributed by atoms with van der Waals surface area (Å²) in [4.78, 5) is 18.8. The van der Waals surface area contributed by atoms with Crippen LogP contribution in [-0.2, 0) is 6.42 Å². The van der Waals surface area contributed by atoms with E-state index in [9.17, 15) is 9.90 Å². The number of halogens is 1. The number of benzene rings is 1. The van der Waals surface area contributed by atoms with Gasteiger partial charge in [0.05, 0.1) is 0 Å². The van der Waals surface area contributed by atoms with Crippen LogP contribution < -0.4 is 10.9 Å². The van der Waals surface area contributed by atoms with Crippen molar-refractivity contribution in [3.63, 3.8) is 0 Å². The van der Waals surface area contributed by atoms with Gasteiger partial charge in [0.2, 0.25) is 5.88 Å². The number of aromatic hydroxyl groups is 1. The summed E-state index contributed by atoms with van der Waals surface area (Å²) in [6, 6.07) is 7.17. The van der Waals surface area contributed by atoms with Gasteiger partial charge >= 0.3 is 0 Å². The first kappa shape index (κ1) is 13.8. The van der Waals surface area contributed by atoms with Gasteiger partial charge in [-0.15, -0.1) is 0 Å². The number of hydrogen-bond donors (Lipinski definition) is 3. The van der Waals surface area contributed by atoms with E-state index in [-0.39, 0.29) is 17.0 Å². The standard InChI is InChI=1S/C13H14BrN3O2/c1-15-6-5-10-16-12(18)11(13(19)17-10)8-3-2-4-9(14)7-8/h2-4,7,15H,5-6H2,1H3,(H2,16,17,18,19). The lowest BCUT2D eigenvalue weighted by Crippen LogP contribution is -2.18. The van der Waals surface area contributed by atoms with E-state index in [4.69, 9.17) is 0 Å². The molecule has 0 spiro atoms. The first-order valence-electron chi connectivity index (χ1n) is 5.84. The van der Waals surface area contributed by atoms with Crippen LogP contribution in [0.4, 0.5) is 0 Å².